The first-order chi connectivity index (χ1) is 9.99. The highest BCUT2D eigenvalue weighted by molar-refractivity contribution is 6.31. The zero-order valence-electron chi connectivity index (χ0n) is 11.3. The van der Waals surface area contributed by atoms with Crippen LogP contribution in [-0.2, 0) is 6.42 Å². The number of amides is 1. The van der Waals surface area contributed by atoms with Crippen molar-refractivity contribution >= 4 is 34.8 Å². The van der Waals surface area contributed by atoms with Crippen LogP contribution < -0.4 is 5.32 Å². The van der Waals surface area contributed by atoms with Crippen LogP contribution >= 0.6 is 23.2 Å². The molecule has 1 aromatic carbocycles. The van der Waals surface area contributed by atoms with E-state index in [1.165, 1.54) is 24.3 Å². The number of anilines is 1. The molecule has 0 unspecified atom stereocenters. The molecule has 2 aromatic rings. The lowest BCUT2D eigenvalue weighted by molar-refractivity contribution is 0.102. The van der Waals surface area contributed by atoms with Gasteiger partial charge < -0.3 is 5.32 Å². The van der Waals surface area contributed by atoms with Crippen molar-refractivity contribution in [3.05, 3.63) is 57.6 Å². The van der Waals surface area contributed by atoms with Crippen LogP contribution in [0.3, 0.4) is 0 Å². The SMILES string of the molecule is CCCc1cc(C(=O)Nc2cc(Cl)ccc2F)cc(Cl)n1. The number of nitrogens with zero attached hydrogens (tertiary/aromatic N) is 1. The van der Waals surface area contributed by atoms with Gasteiger partial charge in [-0.3, -0.25) is 4.79 Å². The summed E-state index contributed by atoms with van der Waals surface area (Å²) in [4.78, 5) is 16.3. The van der Waals surface area contributed by atoms with Crippen molar-refractivity contribution in [1.29, 1.82) is 0 Å². The molecule has 0 bridgehead atoms. The molecule has 1 N–H and O–H groups in total. The van der Waals surface area contributed by atoms with E-state index in [2.05, 4.69) is 10.3 Å². The van der Waals surface area contributed by atoms with E-state index in [-0.39, 0.29) is 10.8 Å². The lowest BCUT2D eigenvalue weighted by Gasteiger charge is -2.08. The van der Waals surface area contributed by atoms with Gasteiger partial charge in [0.15, 0.2) is 0 Å². The fourth-order valence-corrected chi connectivity index (χ4v) is 2.25. The Bertz CT molecular complexity index is 677. The van der Waals surface area contributed by atoms with E-state index in [0.717, 1.165) is 12.1 Å². The minimum absolute atomic E-state index is 0.0254. The number of rotatable bonds is 4. The van der Waals surface area contributed by atoms with Crippen LogP contribution in [0.1, 0.15) is 29.4 Å². The number of carbonyl (C=O) groups excluding carboxylic acids is 1. The molecule has 0 atom stereocenters. The normalized spacial score (nSPS) is 10.5. The van der Waals surface area contributed by atoms with E-state index in [9.17, 15) is 9.18 Å². The minimum Gasteiger partial charge on any atom is -0.319 e. The van der Waals surface area contributed by atoms with Crippen LogP contribution in [0.25, 0.3) is 0 Å². The molecule has 2 rings (SSSR count). The van der Waals surface area contributed by atoms with Crippen molar-refractivity contribution in [2.45, 2.75) is 19.8 Å². The van der Waals surface area contributed by atoms with Crippen LogP contribution in [-0.4, -0.2) is 10.9 Å². The topological polar surface area (TPSA) is 42.0 Å². The predicted molar refractivity (Wildman–Crippen MR) is 82.6 cm³/mol. The number of aryl methyl sites for hydroxylation is 1. The molecule has 1 aromatic heterocycles. The zero-order valence-corrected chi connectivity index (χ0v) is 12.8. The van der Waals surface area contributed by atoms with Gasteiger partial charge in [0.25, 0.3) is 5.91 Å². The number of benzene rings is 1. The Hall–Kier alpha value is -1.65. The summed E-state index contributed by atoms with van der Waals surface area (Å²) in [6, 6.07) is 7.05. The molecule has 21 heavy (non-hydrogen) atoms. The number of aromatic nitrogens is 1. The van der Waals surface area contributed by atoms with Gasteiger partial charge in [0.1, 0.15) is 11.0 Å². The van der Waals surface area contributed by atoms with Gasteiger partial charge in [-0.15, -0.1) is 0 Å². The summed E-state index contributed by atoms with van der Waals surface area (Å²) < 4.78 is 13.6. The van der Waals surface area contributed by atoms with Crippen molar-refractivity contribution in [2.24, 2.45) is 0 Å². The number of pyridine rings is 1. The number of hydrogen-bond acceptors (Lipinski definition) is 2. The van der Waals surface area contributed by atoms with Crippen LogP contribution in [0.4, 0.5) is 10.1 Å². The summed E-state index contributed by atoms with van der Waals surface area (Å²) in [6.45, 7) is 2.00. The molecule has 0 aliphatic rings. The first kappa shape index (κ1) is 15.7. The summed E-state index contributed by atoms with van der Waals surface area (Å²) in [5.74, 6) is -1.01. The van der Waals surface area contributed by atoms with Gasteiger partial charge in [-0.25, -0.2) is 9.37 Å². The number of halogens is 3. The minimum atomic E-state index is -0.554. The summed E-state index contributed by atoms with van der Waals surface area (Å²) in [5.41, 5.74) is 1.08. The van der Waals surface area contributed by atoms with Crippen LogP contribution in [0.15, 0.2) is 30.3 Å². The van der Waals surface area contributed by atoms with Crippen molar-refractivity contribution in [2.75, 3.05) is 5.32 Å². The monoisotopic (exact) mass is 326 g/mol. The molecule has 1 amide bonds. The van der Waals surface area contributed by atoms with Gasteiger partial charge in [0.05, 0.1) is 5.69 Å². The third kappa shape index (κ3) is 4.16. The Morgan fingerprint density at radius 3 is 2.76 bits per heavy atom. The molecule has 0 aliphatic carbocycles. The Kier molecular flexibility index (Phi) is 5.15. The maximum atomic E-state index is 13.6. The molecule has 0 saturated carbocycles. The largest absolute Gasteiger partial charge is 0.319 e. The Morgan fingerprint density at radius 2 is 2.05 bits per heavy atom. The molecule has 6 heteroatoms. The van der Waals surface area contributed by atoms with Crippen molar-refractivity contribution in [1.82, 2.24) is 4.98 Å². The zero-order chi connectivity index (χ0) is 15.4. The standard InChI is InChI=1S/C15H13Cl2FN2O/c1-2-3-11-6-9(7-14(17)19-11)15(21)20-13-8-10(16)4-5-12(13)18/h4-8H,2-3H2,1H3,(H,20,21). The van der Waals surface area contributed by atoms with E-state index in [0.29, 0.717) is 17.0 Å². The molecule has 0 saturated heterocycles. The second-order valence-corrected chi connectivity index (χ2v) is 5.32. The summed E-state index contributed by atoms with van der Waals surface area (Å²) in [5, 5.41) is 3.05. The third-order valence-corrected chi connectivity index (χ3v) is 3.22. The fraction of sp³-hybridized carbons (Fsp3) is 0.200. The van der Waals surface area contributed by atoms with Gasteiger partial charge in [-0.05, 0) is 36.8 Å². The average Bonchev–Trinajstić information content (AvgIpc) is 2.42. The number of carbonyl (C=O) groups is 1. The average molecular weight is 327 g/mol. The van der Waals surface area contributed by atoms with Gasteiger partial charge in [-0.1, -0.05) is 36.5 Å². The second-order valence-electron chi connectivity index (χ2n) is 4.50. The molecule has 0 fully saturated rings. The van der Waals surface area contributed by atoms with E-state index >= 15 is 0 Å². The van der Waals surface area contributed by atoms with E-state index in [1.807, 2.05) is 6.92 Å². The van der Waals surface area contributed by atoms with Crippen molar-refractivity contribution in [3.8, 4) is 0 Å². The second kappa shape index (κ2) is 6.87. The molecule has 0 spiro atoms. The molecule has 110 valence electrons. The Balaban J connectivity index is 2.25. The molecular weight excluding hydrogens is 314 g/mol. The maximum Gasteiger partial charge on any atom is 0.255 e. The van der Waals surface area contributed by atoms with Gasteiger partial charge >= 0.3 is 0 Å². The molecule has 3 nitrogen and oxygen atoms in total. The molecule has 0 aliphatic heterocycles. The third-order valence-electron chi connectivity index (χ3n) is 2.79. The molecule has 1 heterocycles. The highest BCUT2D eigenvalue weighted by atomic mass is 35.5. The maximum absolute atomic E-state index is 13.6. The lowest BCUT2D eigenvalue weighted by atomic mass is 10.1. The first-order valence-corrected chi connectivity index (χ1v) is 7.18. The Labute approximate surface area is 132 Å². The summed E-state index contributed by atoms with van der Waals surface area (Å²) in [7, 11) is 0. The van der Waals surface area contributed by atoms with Crippen LogP contribution in [0.5, 0.6) is 0 Å². The van der Waals surface area contributed by atoms with Crippen molar-refractivity contribution < 1.29 is 9.18 Å². The lowest BCUT2D eigenvalue weighted by Crippen LogP contribution is -2.14. The highest BCUT2D eigenvalue weighted by Gasteiger charge is 2.12. The number of nitrogens with one attached hydrogen (secondary N) is 1. The molecular formula is C15H13Cl2FN2O. The van der Waals surface area contributed by atoms with Gasteiger partial charge in [-0.2, -0.15) is 0 Å². The number of hydrogen-bond donors (Lipinski definition) is 1. The summed E-state index contributed by atoms with van der Waals surface area (Å²) in [6.07, 6.45) is 1.60. The molecule has 0 radical (unpaired) electrons. The Morgan fingerprint density at radius 1 is 1.29 bits per heavy atom. The predicted octanol–water partition coefficient (Wildman–Crippen LogP) is 4.73. The smallest absolute Gasteiger partial charge is 0.255 e. The first-order valence-electron chi connectivity index (χ1n) is 6.42. The van der Waals surface area contributed by atoms with Crippen LogP contribution in [0, 0.1) is 5.82 Å². The highest BCUT2D eigenvalue weighted by Crippen LogP contribution is 2.21. The fourth-order valence-electron chi connectivity index (χ4n) is 1.85. The quantitative estimate of drug-likeness (QED) is 0.825. The van der Waals surface area contributed by atoms with Gasteiger partial charge in [0, 0.05) is 16.3 Å². The van der Waals surface area contributed by atoms with Crippen LogP contribution in [0.2, 0.25) is 10.2 Å². The van der Waals surface area contributed by atoms with E-state index in [1.54, 1.807) is 6.07 Å². The van der Waals surface area contributed by atoms with Gasteiger partial charge in [0.2, 0.25) is 0 Å². The van der Waals surface area contributed by atoms with E-state index in [4.69, 9.17) is 23.2 Å². The van der Waals surface area contributed by atoms with Crippen molar-refractivity contribution in [3.63, 3.8) is 0 Å². The van der Waals surface area contributed by atoms with E-state index < -0.39 is 11.7 Å². The summed E-state index contributed by atoms with van der Waals surface area (Å²) >= 11 is 11.7.